The topological polar surface area (TPSA) is 40.6 Å². The van der Waals surface area contributed by atoms with Crippen LogP contribution in [-0.4, -0.2) is 23.7 Å². The molecule has 9 aromatic carbocycles. The van der Waals surface area contributed by atoms with E-state index in [1.165, 1.54) is 54.4 Å². The minimum atomic E-state index is 0.651. The van der Waals surface area contributed by atoms with Crippen LogP contribution in [0.4, 0.5) is 0 Å². The van der Waals surface area contributed by atoms with E-state index in [2.05, 4.69) is 239 Å². The maximum absolute atomic E-state index is 5.42. The quantitative estimate of drug-likeness (QED) is 0.161. The van der Waals surface area contributed by atoms with Gasteiger partial charge in [-0.05, 0) is 90.5 Å². The summed E-state index contributed by atoms with van der Waals surface area (Å²) in [5.41, 5.74) is 15.8. The fourth-order valence-electron chi connectivity index (χ4n) is 10.1. The summed E-state index contributed by atoms with van der Waals surface area (Å²) >= 11 is 0. The Labute approximate surface area is 375 Å². The van der Waals surface area contributed by atoms with Gasteiger partial charge in [-0.3, -0.25) is 0 Å². The Bertz CT molecular complexity index is 3770. The number of hydrogen-bond donors (Lipinski definition) is 0. The van der Waals surface area contributed by atoms with Crippen LogP contribution in [0.1, 0.15) is 5.56 Å². The average Bonchev–Trinajstić information content (AvgIpc) is 4.02. The summed E-state index contributed by atoms with van der Waals surface area (Å²) in [7, 11) is 0. The number of rotatable bonds is 7. The molecule has 0 radical (unpaired) electrons. The summed E-state index contributed by atoms with van der Waals surface area (Å²) in [6, 6.07) is 78.0. The summed E-state index contributed by atoms with van der Waals surface area (Å²) in [6.45, 7) is 4.05. The SMILES string of the molecule is C=Cc1ccc2c(c1)c1ccccc1n2-c1cccc(-c2nc(-c3cccc(-n4c5ccccc5c5ccccc54)c3)cc(-c3cccc(-n4c5ccccc5c5ccccc54)c3)n2)c1. The van der Waals surface area contributed by atoms with E-state index in [-0.39, 0.29) is 0 Å². The third kappa shape index (κ3) is 5.87. The lowest BCUT2D eigenvalue weighted by Crippen LogP contribution is -2.00. The van der Waals surface area contributed by atoms with Gasteiger partial charge in [0.15, 0.2) is 5.82 Å². The Morgan fingerprint density at radius 1 is 0.308 bits per heavy atom. The molecule has 304 valence electrons. The van der Waals surface area contributed by atoms with Crippen molar-refractivity contribution in [2.75, 3.05) is 0 Å². The van der Waals surface area contributed by atoms with Gasteiger partial charge in [-0.2, -0.15) is 0 Å². The fraction of sp³-hybridized carbons (Fsp3) is 0. The molecule has 13 aromatic rings. The molecular weight excluding hydrogens is 791 g/mol. The van der Waals surface area contributed by atoms with Gasteiger partial charge in [-0.15, -0.1) is 0 Å². The van der Waals surface area contributed by atoms with Crippen molar-refractivity contribution in [3.63, 3.8) is 0 Å². The minimum absolute atomic E-state index is 0.651. The van der Waals surface area contributed by atoms with Crippen LogP contribution in [0.5, 0.6) is 0 Å². The van der Waals surface area contributed by atoms with Crippen LogP contribution in [0.2, 0.25) is 0 Å². The maximum Gasteiger partial charge on any atom is 0.160 e. The third-order valence-corrected chi connectivity index (χ3v) is 13.0. The maximum atomic E-state index is 5.42. The Kier molecular flexibility index (Phi) is 8.30. The van der Waals surface area contributed by atoms with Gasteiger partial charge in [0.2, 0.25) is 0 Å². The third-order valence-electron chi connectivity index (χ3n) is 13.0. The second kappa shape index (κ2) is 14.7. The molecule has 0 amide bonds. The summed E-state index contributed by atoms with van der Waals surface area (Å²) in [5.74, 6) is 0.651. The summed E-state index contributed by atoms with van der Waals surface area (Å²) < 4.78 is 7.06. The smallest absolute Gasteiger partial charge is 0.160 e. The van der Waals surface area contributed by atoms with E-state index in [0.29, 0.717) is 5.82 Å². The Morgan fingerprint density at radius 3 is 1.08 bits per heavy atom. The van der Waals surface area contributed by atoms with Crippen molar-refractivity contribution in [3.05, 3.63) is 231 Å². The van der Waals surface area contributed by atoms with Crippen molar-refractivity contribution in [3.8, 4) is 51.0 Å². The molecule has 0 fully saturated rings. The van der Waals surface area contributed by atoms with Crippen molar-refractivity contribution in [1.29, 1.82) is 0 Å². The van der Waals surface area contributed by atoms with Gasteiger partial charge in [0.25, 0.3) is 0 Å². The van der Waals surface area contributed by atoms with Crippen LogP contribution in [0.25, 0.3) is 122 Å². The zero-order chi connectivity index (χ0) is 43.0. The molecule has 0 unspecified atom stereocenters. The van der Waals surface area contributed by atoms with Gasteiger partial charge >= 0.3 is 0 Å². The fourth-order valence-corrected chi connectivity index (χ4v) is 10.1. The van der Waals surface area contributed by atoms with Crippen LogP contribution < -0.4 is 0 Å². The molecule has 4 heterocycles. The van der Waals surface area contributed by atoms with E-state index in [9.17, 15) is 0 Å². The first kappa shape index (κ1) is 36.8. The highest BCUT2D eigenvalue weighted by Crippen LogP contribution is 2.38. The molecule has 0 saturated carbocycles. The van der Waals surface area contributed by atoms with Crippen LogP contribution >= 0.6 is 0 Å². The standard InChI is InChI=1S/C60H39N5/c1-2-39-32-33-59-51(34-39)50-26-7-12-31-58(50)65(59)45-21-15-18-42(37-45)60-61-52(40-16-13-19-43(35-40)63-54-27-8-3-22-46(54)47-23-4-9-28-55(47)63)38-53(62-60)41-17-14-20-44(36-41)64-56-29-10-5-24-48(56)49-25-6-11-30-57(49)64/h2-38H,1H2. The zero-order valence-corrected chi connectivity index (χ0v) is 35.3. The monoisotopic (exact) mass is 829 g/mol. The molecule has 0 saturated heterocycles. The van der Waals surface area contributed by atoms with E-state index >= 15 is 0 Å². The van der Waals surface area contributed by atoms with E-state index < -0.39 is 0 Å². The lowest BCUT2D eigenvalue weighted by molar-refractivity contribution is 1.15. The van der Waals surface area contributed by atoms with Crippen LogP contribution in [0.15, 0.2) is 225 Å². The van der Waals surface area contributed by atoms with Crippen molar-refractivity contribution in [2.24, 2.45) is 0 Å². The predicted molar refractivity (Wildman–Crippen MR) is 271 cm³/mol. The van der Waals surface area contributed by atoms with Crippen molar-refractivity contribution < 1.29 is 0 Å². The lowest BCUT2D eigenvalue weighted by Gasteiger charge is -2.14. The summed E-state index contributed by atoms with van der Waals surface area (Å²) in [6.07, 6.45) is 1.91. The van der Waals surface area contributed by atoms with Gasteiger partial charge in [-0.25, -0.2) is 9.97 Å². The molecule has 0 aliphatic rings. The first-order valence-corrected chi connectivity index (χ1v) is 22.0. The first-order chi connectivity index (χ1) is 32.2. The van der Waals surface area contributed by atoms with Gasteiger partial charge in [-0.1, -0.05) is 146 Å². The normalized spacial score (nSPS) is 11.8. The number of fused-ring (bicyclic) bond motifs is 9. The first-order valence-electron chi connectivity index (χ1n) is 22.0. The van der Waals surface area contributed by atoms with E-state index in [0.717, 1.165) is 61.7 Å². The van der Waals surface area contributed by atoms with Crippen molar-refractivity contribution >= 4 is 71.5 Å². The highest BCUT2D eigenvalue weighted by atomic mass is 15.0. The lowest BCUT2D eigenvalue weighted by atomic mass is 10.0. The molecule has 0 aliphatic heterocycles. The molecule has 13 rings (SSSR count). The molecule has 0 bridgehead atoms. The van der Waals surface area contributed by atoms with Crippen molar-refractivity contribution in [2.45, 2.75) is 0 Å². The molecule has 0 spiro atoms. The minimum Gasteiger partial charge on any atom is -0.309 e. The molecular formula is C60H39N5. The van der Waals surface area contributed by atoms with Crippen molar-refractivity contribution in [1.82, 2.24) is 23.7 Å². The van der Waals surface area contributed by atoms with Crippen LogP contribution in [0, 0.1) is 0 Å². The van der Waals surface area contributed by atoms with Gasteiger partial charge in [0, 0.05) is 66.1 Å². The molecule has 5 heteroatoms. The summed E-state index contributed by atoms with van der Waals surface area (Å²) in [4.78, 5) is 10.8. The highest BCUT2D eigenvalue weighted by Gasteiger charge is 2.18. The molecule has 0 N–H and O–H groups in total. The molecule has 0 atom stereocenters. The van der Waals surface area contributed by atoms with Crippen LogP contribution in [0.3, 0.4) is 0 Å². The van der Waals surface area contributed by atoms with Crippen LogP contribution in [-0.2, 0) is 0 Å². The zero-order valence-electron chi connectivity index (χ0n) is 35.3. The summed E-state index contributed by atoms with van der Waals surface area (Å²) in [5, 5.41) is 7.30. The number of para-hydroxylation sites is 5. The number of benzene rings is 9. The molecule has 65 heavy (non-hydrogen) atoms. The number of nitrogens with zero attached hydrogens (tertiary/aromatic N) is 5. The van der Waals surface area contributed by atoms with Gasteiger partial charge in [0.1, 0.15) is 0 Å². The van der Waals surface area contributed by atoms with E-state index in [1.807, 2.05) is 6.08 Å². The number of hydrogen-bond acceptors (Lipinski definition) is 2. The second-order valence-corrected chi connectivity index (χ2v) is 16.7. The largest absolute Gasteiger partial charge is 0.309 e. The Hall–Kier alpha value is -8.80. The number of aromatic nitrogens is 5. The Balaban J connectivity index is 1.01. The molecule has 0 aliphatic carbocycles. The molecule has 5 nitrogen and oxygen atoms in total. The van der Waals surface area contributed by atoms with Gasteiger partial charge < -0.3 is 13.7 Å². The second-order valence-electron chi connectivity index (χ2n) is 16.7. The average molecular weight is 830 g/mol. The predicted octanol–water partition coefficient (Wildman–Crippen LogP) is 15.4. The molecule has 4 aromatic heterocycles. The van der Waals surface area contributed by atoms with E-state index in [1.54, 1.807) is 0 Å². The highest BCUT2D eigenvalue weighted by molar-refractivity contribution is 6.11. The Morgan fingerprint density at radius 2 is 0.662 bits per heavy atom. The van der Waals surface area contributed by atoms with Gasteiger partial charge in [0.05, 0.1) is 44.5 Å². The van der Waals surface area contributed by atoms with E-state index in [4.69, 9.17) is 9.97 Å².